The first-order valence-corrected chi connectivity index (χ1v) is 7.65. The fourth-order valence-electron chi connectivity index (χ4n) is 2.99. The highest BCUT2D eigenvalue weighted by molar-refractivity contribution is 5.54. The van der Waals surface area contributed by atoms with Crippen LogP contribution in [0.1, 0.15) is 31.4 Å². The molecule has 0 atom stereocenters. The maximum atomic E-state index is 12.9. The molecule has 2 fully saturated rings. The number of nitrogens with zero attached hydrogens (tertiary/aromatic N) is 2. The second-order valence-corrected chi connectivity index (χ2v) is 6.12. The summed E-state index contributed by atoms with van der Waals surface area (Å²) >= 11 is 0. The predicted molar refractivity (Wildman–Crippen MR) is 76.9 cm³/mol. The topological polar surface area (TPSA) is 51.4 Å². The Balaban J connectivity index is 1.77. The van der Waals surface area contributed by atoms with E-state index >= 15 is 0 Å². The Morgan fingerprint density at radius 2 is 1.91 bits per heavy atom. The van der Waals surface area contributed by atoms with E-state index in [1.165, 1.54) is 6.07 Å². The van der Waals surface area contributed by atoms with Gasteiger partial charge < -0.3 is 15.4 Å². The Kier molecular flexibility index (Phi) is 4.16. The number of hydrogen-bond donors (Lipinski definition) is 1. The Morgan fingerprint density at radius 3 is 2.50 bits per heavy atom. The molecule has 1 aliphatic carbocycles. The van der Waals surface area contributed by atoms with Crippen molar-refractivity contribution >= 4 is 5.82 Å². The van der Waals surface area contributed by atoms with Gasteiger partial charge in [0.2, 0.25) is 0 Å². The number of pyridine rings is 1. The summed E-state index contributed by atoms with van der Waals surface area (Å²) in [4.78, 5) is 5.69. The zero-order chi connectivity index (χ0) is 15.7. The number of hydrogen-bond acceptors (Lipinski definition) is 4. The van der Waals surface area contributed by atoms with Crippen molar-refractivity contribution in [1.29, 1.82) is 0 Å². The number of nitrogens with two attached hydrogens (primary N) is 1. The van der Waals surface area contributed by atoms with Gasteiger partial charge in [-0.2, -0.15) is 13.2 Å². The number of rotatable bonds is 4. The van der Waals surface area contributed by atoms with Crippen molar-refractivity contribution in [1.82, 2.24) is 4.98 Å². The van der Waals surface area contributed by atoms with Crippen molar-refractivity contribution in [3.63, 3.8) is 0 Å². The SMILES string of the molecule is NC1CC(COc2ccc(C(F)(F)F)nc2N2CCCC2)C1. The van der Waals surface area contributed by atoms with Gasteiger partial charge >= 0.3 is 6.18 Å². The molecule has 1 aromatic rings. The second-order valence-electron chi connectivity index (χ2n) is 6.12. The first kappa shape index (κ1) is 15.4. The molecular formula is C15H20F3N3O. The fraction of sp³-hybridized carbons (Fsp3) is 0.667. The van der Waals surface area contributed by atoms with E-state index in [2.05, 4.69) is 4.98 Å². The van der Waals surface area contributed by atoms with Gasteiger partial charge in [-0.05, 0) is 43.7 Å². The average molecular weight is 315 g/mol. The summed E-state index contributed by atoms with van der Waals surface area (Å²) in [6, 6.07) is 2.61. The third kappa shape index (κ3) is 3.29. The minimum Gasteiger partial charge on any atom is -0.489 e. The Bertz CT molecular complexity index is 523. The highest BCUT2D eigenvalue weighted by atomic mass is 19.4. The molecule has 1 saturated carbocycles. The van der Waals surface area contributed by atoms with Crippen LogP contribution in [0.2, 0.25) is 0 Å². The van der Waals surface area contributed by atoms with Crippen molar-refractivity contribution in [2.24, 2.45) is 11.7 Å². The normalized spacial score (nSPS) is 25.2. The molecule has 2 heterocycles. The molecule has 2 aliphatic rings. The Morgan fingerprint density at radius 1 is 1.23 bits per heavy atom. The third-order valence-electron chi connectivity index (χ3n) is 4.28. The molecule has 122 valence electrons. The van der Waals surface area contributed by atoms with Crippen LogP contribution < -0.4 is 15.4 Å². The van der Waals surface area contributed by atoms with Crippen LogP contribution in [0.15, 0.2) is 12.1 Å². The first-order chi connectivity index (χ1) is 10.4. The highest BCUT2D eigenvalue weighted by Gasteiger charge is 2.34. The largest absolute Gasteiger partial charge is 0.489 e. The summed E-state index contributed by atoms with van der Waals surface area (Å²) < 4.78 is 44.4. The van der Waals surface area contributed by atoms with Gasteiger partial charge in [-0.3, -0.25) is 0 Å². The minimum atomic E-state index is -4.44. The molecule has 1 aliphatic heterocycles. The van der Waals surface area contributed by atoms with Crippen LogP contribution in [-0.2, 0) is 6.18 Å². The molecule has 4 nitrogen and oxygen atoms in total. The van der Waals surface area contributed by atoms with E-state index in [9.17, 15) is 13.2 Å². The average Bonchev–Trinajstić information content (AvgIpc) is 2.95. The molecule has 22 heavy (non-hydrogen) atoms. The lowest BCUT2D eigenvalue weighted by Gasteiger charge is -2.32. The van der Waals surface area contributed by atoms with E-state index in [1.807, 2.05) is 4.90 Å². The van der Waals surface area contributed by atoms with Gasteiger partial charge in [0.1, 0.15) is 5.69 Å². The summed E-state index contributed by atoms with van der Waals surface area (Å²) in [5.74, 6) is 1.15. The van der Waals surface area contributed by atoms with Crippen molar-refractivity contribution < 1.29 is 17.9 Å². The van der Waals surface area contributed by atoms with Crippen LogP contribution in [0.4, 0.5) is 19.0 Å². The summed E-state index contributed by atoms with van der Waals surface area (Å²) in [5.41, 5.74) is 4.87. The van der Waals surface area contributed by atoms with E-state index in [1.54, 1.807) is 0 Å². The molecule has 3 rings (SSSR count). The predicted octanol–water partition coefficient (Wildman–Crippen LogP) is 2.82. The summed E-state index contributed by atoms with van der Waals surface area (Å²) in [6.07, 6.45) is -0.683. The number of halogens is 3. The van der Waals surface area contributed by atoms with Crippen LogP contribution in [0.3, 0.4) is 0 Å². The fourth-order valence-corrected chi connectivity index (χ4v) is 2.99. The van der Waals surface area contributed by atoms with Crippen LogP contribution in [0, 0.1) is 5.92 Å². The van der Waals surface area contributed by atoms with Gasteiger partial charge in [-0.15, -0.1) is 0 Å². The number of aromatic nitrogens is 1. The smallest absolute Gasteiger partial charge is 0.433 e. The molecule has 0 unspecified atom stereocenters. The van der Waals surface area contributed by atoms with E-state index in [0.29, 0.717) is 24.1 Å². The van der Waals surface area contributed by atoms with Crippen LogP contribution in [0.5, 0.6) is 5.75 Å². The van der Waals surface area contributed by atoms with Crippen LogP contribution in [0.25, 0.3) is 0 Å². The maximum absolute atomic E-state index is 12.9. The zero-order valence-electron chi connectivity index (χ0n) is 12.3. The minimum absolute atomic E-state index is 0.234. The molecule has 2 N–H and O–H groups in total. The van der Waals surface area contributed by atoms with E-state index < -0.39 is 11.9 Å². The Labute approximate surface area is 127 Å². The van der Waals surface area contributed by atoms with Gasteiger partial charge in [-0.25, -0.2) is 4.98 Å². The lowest BCUT2D eigenvalue weighted by atomic mass is 9.82. The molecule has 7 heteroatoms. The molecule has 0 amide bonds. The van der Waals surface area contributed by atoms with E-state index in [4.69, 9.17) is 10.5 Å². The molecule has 0 aromatic carbocycles. The number of alkyl halides is 3. The molecule has 1 aromatic heterocycles. The molecule has 0 bridgehead atoms. The second kappa shape index (κ2) is 5.95. The quantitative estimate of drug-likeness (QED) is 0.928. The monoisotopic (exact) mass is 315 g/mol. The molecular weight excluding hydrogens is 295 g/mol. The number of ether oxygens (including phenoxy) is 1. The molecule has 0 radical (unpaired) electrons. The van der Waals surface area contributed by atoms with Gasteiger partial charge in [0.15, 0.2) is 11.6 Å². The number of anilines is 1. The lowest BCUT2D eigenvalue weighted by molar-refractivity contribution is -0.141. The molecule has 0 spiro atoms. The van der Waals surface area contributed by atoms with Gasteiger partial charge in [0.05, 0.1) is 6.61 Å². The standard InChI is InChI=1S/C15H20F3N3O/c16-15(17,18)13-4-3-12(22-9-10-7-11(19)8-10)14(20-13)21-5-1-2-6-21/h3-4,10-11H,1-2,5-9,19H2. The summed E-state index contributed by atoms with van der Waals surface area (Å²) in [7, 11) is 0. The molecule has 1 saturated heterocycles. The van der Waals surface area contributed by atoms with Gasteiger partial charge in [-0.1, -0.05) is 0 Å². The first-order valence-electron chi connectivity index (χ1n) is 7.65. The van der Waals surface area contributed by atoms with Crippen LogP contribution >= 0.6 is 0 Å². The summed E-state index contributed by atoms with van der Waals surface area (Å²) in [5, 5.41) is 0. The van der Waals surface area contributed by atoms with E-state index in [-0.39, 0.29) is 6.04 Å². The van der Waals surface area contributed by atoms with Crippen LogP contribution in [-0.4, -0.2) is 30.7 Å². The third-order valence-corrected chi connectivity index (χ3v) is 4.28. The van der Waals surface area contributed by atoms with Crippen molar-refractivity contribution in [3.8, 4) is 5.75 Å². The highest BCUT2D eigenvalue weighted by Crippen LogP contribution is 2.36. The maximum Gasteiger partial charge on any atom is 0.433 e. The Hall–Kier alpha value is -1.50. The van der Waals surface area contributed by atoms with E-state index in [0.717, 1.165) is 44.8 Å². The van der Waals surface area contributed by atoms with Crippen molar-refractivity contribution in [2.75, 3.05) is 24.6 Å². The van der Waals surface area contributed by atoms with Crippen molar-refractivity contribution in [2.45, 2.75) is 37.9 Å². The van der Waals surface area contributed by atoms with Gasteiger partial charge in [0, 0.05) is 19.1 Å². The lowest BCUT2D eigenvalue weighted by Crippen LogP contribution is -2.39. The van der Waals surface area contributed by atoms with Gasteiger partial charge in [0.25, 0.3) is 0 Å². The summed E-state index contributed by atoms with van der Waals surface area (Å²) in [6.45, 7) is 1.93. The zero-order valence-corrected chi connectivity index (χ0v) is 12.3. The van der Waals surface area contributed by atoms with Crippen molar-refractivity contribution in [3.05, 3.63) is 17.8 Å².